The van der Waals surface area contributed by atoms with Gasteiger partial charge in [0.1, 0.15) is 5.75 Å². The smallest absolute Gasteiger partial charge is 0.321 e. The predicted molar refractivity (Wildman–Crippen MR) is 67.4 cm³/mol. The van der Waals surface area contributed by atoms with Crippen LogP contribution in [0.15, 0.2) is 24.5 Å². The van der Waals surface area contributed by atoms with E-state index in [1.165, 1.54) is 12.4 Å². The molecule has 0 unspecified atom stereocenters. The number of nitrogens with zero attached hydrogens (tertiary/aromatic N) is 2. The highest BCUT2D eigenvalue weighted by atomic mass is 35.5. The lowest BCUT2D eigenvalue weighted by Crippen LogP contribution is -1.96. The quantitative estimate of drug-likeness (QED) is 0.831. The molecule has 0 spiro atoms. The molecule has 1 heterocycles. The molecule has 0 fully saturated rings. The van der Waals surface area contributed by atoms with Crippen molar-refractivity contribution < 1.29 is 4.74 Å². The summed E-state index contributed by atoms with van der Waals surface area (Å²) < 4.78 is 5.56. The average molecular weight is 250 g/mol. The predicted octanol–water partition coefficient (Wildman–Crippen LogP) is 3.12. The van der Waals surface area contributed by atoms with Crippen molar-refractivity contribution >= 4 is 17.3 Å². The summed E-state index contributed by atoms with van der Waals surface area (Å²) in [5, 5.41) is 0.475. The molecule has 2 rings (SSSR count). The van der Waals surface area contributed by atoms with Crippen LogP contribution < -0.4 is 10.5 Å². The van der Waals surface area contributed by atoms with E-state index in [1.54, 1.807) is 0 Å². The molecule has 0 bridgehead atoms. The molecule has 1 aromatic heterocycles. The van der Waals surface area contributed by atoms with Crippen molar-refractivity contribution in [3.63, 3.8) is 0 Å². The normalized spacial score (nSPS) is 10.3. The van der Waals surface area contributed by atoms with Gasteiger partial charge in [0, 0.05) is 5.69 Å². The summed E-state index contributed by atoms with van der Waals surface area (Å²) in [6.07, 6.45) is 2.98. The van der Waals surface area contributed by atoms with Gasteiger partial charge in [-0.1, -0.05) is 11.6 Å². The second-order valence-corrected chi connectivity index (χ2v) is 4.20. The van der Waals surface area contributed by atoms with Crippen LogP contribution in [-0.4, -0.2) is 9.97 Å². The van der Waals surface area contributed by atoms with Gasteiger partial charge in [-0.3, -0.25) is 0 Å². The molecule has 0 saturated carbocycles. The Kier molecular flexibility index (Phi) is 3.15. The van der Waals surface area contributed by atoms with Crippen molar-refractivity contribution in [3.8, 4) is 11.8 Å². The number of ether oxygens (including phenoxy) is 1. The lowest BCUT2D eigenvalue weighted by molar-refractivity contribution is 0.438. The average Bonchev–Trinajstić information content (AvgIpc) is 2.29. The number of rotatable bonds is 2. The zero-order valence-electron chi connectivity index (χ0n) is 9.57. The standard InChI is InChI=1S/C12H12ClN3O/c1-7-4-11(8(2)3-10(7)14)17-12-15-5-9(13)6-16-12/h3-6H,14H2,1-2H3. The van der Waals surface area contributed by atoms with Crippen molar-refractivity contribution in [3.05, 3.63) is 40.7 Å². The largest absolute Gasteiger partial charge is 0.424 e. The maximum Gasteiger partial charge on any atom is 0.321 e. The fourth-order valence-corrected chi connectivity index (χ4v) is 1.47. The van der Waals surface area contributed by atoms with Crippen LogP contribution >= 0.6 is 11.6 Å². The number of benzene rings is 1. The topological polar surface area (TPSA) is 61.0 Å². The maximum absolute atomic E-state index is 5.80. The number of nitrogen functional groups attached to an aromatic ring is 1. The molecule has 17 heavy (non-hydrogen) atoms. The maximum atomic E-state index is 5.80. The third-order valence-electron chi connectivity index (χ3n) is 2.36. The lowest BCUT2D eigenvalue weighted by Gasteiger charge is -2.09. The van der Waals surface area contributed by atoms with E-state index >= 15 is 0 Å². The van der Waals surface area contributed by atoms with Crippen LogP contribution in [0.5, 0.6) is 11.8 Å². The first kappa shape index (κ1) is 11.7. The molecule has 0 aliphatic carbocycles. The Bertz CT molecular complexity index is 540. The lowest BCUT2D eigenvalue weighted by atomic mass is 10.1. The first-order valence-electron chi connectivity index (χ1n) is 5.08. The van der Waals surface area contributed by atoms with E-state index in [0.29, 0.717) is 10.8 Å². The van der Waals surface area contributed by atoms with Gasteiger partial charge >= 0.3 is 6.01 Å². The van der Waals surface area contributed by atoms with Gasteiger partial charge in [-0.25, -0.2) is 9.97 Å². The molecular weight excluding hydrogens is 238 g/mol. The van der Waals surface area contributed by atoms with E-state index in [4.69, 9.17) is 22.1 Å². The zero-order valence-corrected chi connectivity index (χ0v) is 10.3. The Morgan fingerprint density at radius 3 is 2.41 bits per heavy atom. The highest BCUT2D eigenvalue weighted by Crippen LogP contribution is 2.27. The fraction of sp³-hybridized carbons (Fsp3) is 0.167. The minimum Gasteiger partial charge on any atom is -0.424 e. The molecule has 0 saturated heterocycles. The molecule has 0 aliphatic heterocycles. The van der Waals surface area contributed by atoms with Crippen molar-refractivity contribution in [1.29, 1.82) is 0 Å². The van der Waals surface area contributed by atoms with Gasteiger partial charge in [-0.15, -0.1) is 0 Å². The molecular formula is C12H12ClN3O. The van der Waals surface area contributed by atoms with Gasteiger partial charge in [-0.2, -0.15) is 0 Å². The molecule has 2 aromatic rings. The number of nitrogens with two attached hydrogens (primary N) is 1. The molecule has 0 amide bonds. The van der Waals surface area contributed by atoms with Gasteiger partial charge in [0.05, 0.1) is 17.4 Å². The van der Waals surface area contributed by atoms with Crippen molar-refractivity contribution in [1.82, 2.24) is 9.97 Å². The molecule has 4 nitrogen and oxygen atoms in total. The highest BCUT2D eigenvalue weighted by Gasteiger charge is 2.06. The second kappa shape index (κ2) is 4.59. The molecule has 2 N–H and O–H groups in total. The van der Waals surface area contributed by atoms with E-state index < -0.39 is 0 Å². The summed E-state index contributed by atoms with van der Waals surface area (Å²) in [7, 11) is 0. The molecule has 88 valence electrons. The summed E-state index contributed by atoms with van der Waals surface area (Å²) in [5.41, 5.74) is 8.44. The van der Waals surface area contributed by atoms with Crippen molar-refractivity contribution in [2.75, 3.05) is 5.73 Å². The van der Waals surface area contributed by atoms with Crippen LogP contribution in [0.3, 0.4) is 0 Å². The second-order valence-electron chi connectivity index (χ2n) is 3.76. The Labute approximate surface area is 104 Å². The molecule has 1 aromatic carbocycles. The summed E-state index contributed by atoms with van der Waals surface area (Å²) in [4.78, 5) is 7.94. The first-order chi connectivity index (χ1) is 8.06. The summed E-state index contributed by atoms with van der Waals surface area (Å²) in [6, 6.07) is 3.99. The molecule has 0 aliphatic rings. The zero-order chi connectivity index (χ0) is 12.4. The Morgan fingerprint density at radius 1 is 1.12 bits per heavy atom. The summed E-state index contributed by atoms with van der Waals surface area (Å²) >= 11 is 5.69. The van der Waals surface area contributed by atoms with Gasteiger partial charge in [0.25, 0.3) is 0 Å². The van der Waals surface area contributed by atoms with Gasteiger partial charge in [0.2, 0.25) is 0 Å². The van der Waals surface area contributed by atoms with E-state index in [0.717, 1.165) is 16.8 Å². The van der Waals surface area contributed by atoms with Crippen LogP contribution in [0.4, 0.5) is 5.69 Å². The molecule has 0 radical (unpaired) electrons. The van der Waals surface area contributed by atoms with E-state index in [-0.39, 0.29) is 6.01 Å². The number of aryl methyl sites for hydroxylation is 2. The minimum absolute atomic E-state index is 0.265. The number of aromatic nitrogens is 2. The van der Waals surface area contributed by atoms with Gasteiger partial charge in [-0.05, 0) is 37.1 Å². The summed E-state index contributed by atoms with van der Waals surface area (Å²) in [5.74, 6) is 0.694. The van der Waals surface area contributed by atoms with Crippen LogP contribution in [0, 0.1) is 13.8 Å². The monoisotopic (exact) mass is 249 g/mol. The Hall–Kier alpha value is -1.81. The Morgan fingerprint density at radius 2 is 1.76 bits per heavy atom. The van der Waals surface area contributed by atoms with Crippen molar-refractivity contribution in [2.24, 2.45) is 0 Å². The van der Waals surface area contributed by atoms with Gasteiger partial charge < -0.3 is 10.5 Å². The fourth-order valence-electron chi connectivity index (χ4n) is 1.37. The van der Waals surface area contributed by atoms with Crippen LogP contribution in [0.2, 0.25) is 5.02 Å². The van der Waals surface area contributed by atoms with Crippen LogP contribution in [0.25, 0.3) is 0 Å². The number of hydrogen-bond donors (Lipinski definition) is 1. The molecule has 0 atom stereocenters. The SMILES string of the molecule is Cc1cc(Oc2ncc(Cl)cn2)c(C)cc1N. The van der Waals surface area contributed by atoms with Crippen LogP contribution in [-0.2, 0) is 0 Å². The third-order valence-corrected chi connectivity index (χ3v) is 2.56. The summed E-state index contributed by atoms with van der Waals surface area (Å²) in [6.45, 7) is 3.84. The third kappa shape index (κ3) is 2.65. The first-order valence-corrected chi connectivity index (χ1v) is 5.46. The minimum atomic E-state index is 0.265. The van der Waals surface area contributed by atoms with Gasteiger partial charge in [0.15, 0.2) is 0 Å². The van der Waals surface area contributed by atoms with Crippen LogP contribution in [0.1, 0.15) is 11.1 Å². The van der Waals surface area contributed by atoms with E-state index in [9.17, 15) is 0 Å². The number of halogens is 1. The van der Waals surface area contributed by atoms with E-state index in [1.807, 2.05) is 26.0 Å². The highest BCUT2D eigenvalue weighted by molar-refractivity contribution is 6.30. The molecule has 5 heteroatoms. The number of hydrogen-bond acceptors (Lipinski definition) is 4. The van der Waals surface area contributed by atoms with E-state index in [2.05, 4.69) is 9.97 Å². The Balaban J connectivity index is 2.30. The van der Waals surface area contributed by atoms with Crippen molar-refractivity contribution in [2.45, 2.75) is 13.8 Å². The number of anilines is 1.